The van der Waals surface area contributed by atoms with Crippen LogP contribution in [0.5, 0.6) is 0 Å². The second-order valence-electron chi connectivity index (χ2n) is 4.98. The molecule has 1 heterocycles. The fourth-order valence-electron chi connectivity index (χ4n) is 1.71. The van der Waals surface area contributed by atoms with E-state index in [1.165, 1.54) is 6.54 Å². The Labute approximate surface area is 75.9 Å². The average Bonchev–Trinajstić information content (AvgIpc) is 1.82. The molecule has 1 aliphatic heterocycles. The van der Waals surface area contributed by atoms with Crippen molar-refractivity contribution in [3.8, 4) is 0 Å². The van der Waals surface area contributed by atoms with Gasteiger partial charge in [-0.15, -0.1) is 0 Å². The molecule has 12 heavy (non-hydrogen) atoms. The van der Waals surface area contributed by atoms with E-state index in [0.717, 1.165) is 19.7 Å². The lowest BCUT2D eigenvalue weighted by atomic mass is 9.96. The van der Waals surface area contributed by atoms with Crippen LogP contribution in [0.3, 0.4) is 0 Å². The van der Waals surface area contributed by atoms with Crippen molar-refractivity contribution in [2.75, 3.05) is 26.2 Å². The molecule has 72 valence electrons. The number of morpholine rings is 1. The SMILES string of the molecule is CC1CN(CC(C)(C)C)CCO1. The number of ether oxygens (including phenoxy) is 1. The largest absolute Gasteiger partial charge is 0.376 e. The lowest BCUT2D eigenvalue weighted by Crippen LogP contribution is -2.44. The highest BCUT2D eigenvalue weighted by molar-refractivity contribution is 4.73. The van der Waals surface area contributed by atoms with Gasteiger partial charge in [-0.05, 0) is 12.3 Å². The van der Waals surface area contributed by atoms with Crippen LogP contribution in [0.25, 0.3) is 0 Å². The van der Waals surface area contributed by atoms with E-state index in [1.54, 1.807) is 0 Å². The number of hydrogen-bond acceptors (Lipinski definition) is 2. The summed E-state index contributed by atoms with van der Waals surface area (Å²) in [6.07, 6.45) is 0.418. The molecule has 0 spiro atoms. The summed E-state index contributed by atoms with van der Waals surface area (Å²) in [7, 11) is 0. The van der Waals surface area contributed by atoms with Crippen LogP contribution in [0, 0.1) is 5.41 Å². The fraction of sp³-hybridized carbons (Fsp3) is 1.00. The van der Waals surface area contributed by atoms with Gasteiger partial charge in [0.1, 0.15) is 0 Å². The standard InChI is InChI=1S/C10H21NO/c1-9-7-11(5-6-12-9)8-10(2,3)4/h9H,5-8H2,1-4H3. The Kier molecular flexibility index (Phi) is 3.13. The zero-order valence-electron chi connectivity index (χ0n) is 8.76. The molecule has 1 unspecified atom stereocenters. The van der Waals surface area contributed by atoms with Gasteiger partial charge in [0.2, 0.25) is 0 Å². The Hall–Kier alpha value is -0.0800. The minimum Gasteiger partial charge on any atom is -0.376 e. The molecular formula is C10H21NO. The number of nitrogens with zero attached hydrogens (tertiary/aromatic N) is 1. The Morgan fingerprint density at radius 2 is 2.08 bits per heavy atom. The van der Waals surface area contributed by atoms with Crippen molar-refractivity contribution in [2.45, 2.75) is 33.8 Å². The first-order valence-corrected chi connectivity index (χ1v) is 4.81. The van der Waals surface area contributed by atoms with Crippen molar-refractivity contribution >= 4 is 0 Å². The first kappa shape index (κ1) is 10.0. The summed E-state index contributed by atoms with van der Waals surface area (Å²) in [6.45, 7) is 13.3. The molecule has 0 radical (unpaired) electrons. The Morgan fingerprint density at radius 3 is 2.58 bits per heavy atom. The molecule has 1 saturated heterocycles. The first-order valence-electron chi connectivity index (χ1n) is 4.81. The van der Waals surface area contributed by atoms with Gasteiger partial charge in [0.05, 0.1) is 12.7 Å². The highest BCUT2D eigenvalue weighted by Gasteiger charge is 2.21. The smallest absolute Gasteiger partial charge is 0.0674 e. The molecule has 0 aliphatic carbocycles. The molecule has 0 aromatic carbocycles. The predicted molar refractivity (Wildman–Crippen MR) is 51.3 cm³/mol. The van der Waals surface area contributed by atoms with Crippen molar-refractivity contribution in [1.82, 2.24) is 4.90 Å². The van der Waals surface area contributed by atoms with Crippen molar-refractivity contribution in [3.05, 3.63) is 0 Å². The van der Waals surface area contributed by atoms with E-state index in [9.17, 15) is 0 Å². The Morgan fingerprint density at radius 1 is 1.42 bits per heavy atom. The summed E-state index contributed by atoms with van der Waals surface area (Å²) in [5.41, 5.74) is 0.414. The zero-order chi connectivity index (χ0) is 9.19. The van der Waals surface area contributed by atoms with Gasteiger partial charge in [-0.3, -0.25) is 4.90 Å². The van der Waals surface area contributed by atoms with Crippen LogP contribution in [-0.4, -0.2) is 37.2 Å². The summed E-state index contributed by atoms with van der Waals surface area (Å²) in [4.78, 5) is 2.49. The first-order chi connectivity index (χ1) is 5.47. The molecule has 1 fully saturated rings. The van der Waals surface area contributed by atoms with Gasteiger partial charge in [0.25, 0.3) is 0 Å². The van der Waals surface area contributed by atoms with E-state index in [4.69, 9.17) is 4.74 Å². The van der Waals surface area contributed by atoms with Gasteiger partial charge in [0.15, 0.2) is 0 Å². The normalized spacial score (nSPS) is 27.5. The minimum atomic E-state index is 0.414. The van der Waals surface area contributed by atoms with E-state index in [0.29, 0.717) is 11.5 Å². The van der Waals surface area contributed by atoms with E-state index < -0.39 is 0 Å². The molecule has 0 bridgehead atoms. The average molecular weight is 171 g/mol. The van der Waals surface area contributed by atoms with E-state index in [1.807, 2.05) is 0 Å². The zero-order valence-corrected chi connectivity index (χ0v) is 8.76. The van der Waals surface area contributed by atoms with E-state index in [-0.39, 0.29) is 0 Å². The van der Waals surface area contributed by atoms with Crippen LogP contribution in [0.1, 0.15) is 27.7 Å². The molecule has 1 atom stereocenters. The molecule has 2 nitrogen and oxygen atoms in total. The van der Waals surface area contributed by atoms with Gasteiger partial charge in [-0.25, -0.2) is 0 Å². The van der Waals surface area contributed by atoms with Gasteiger partial charge >= 0.3 is 0 Å². The minimum absolute atomic E-state index is 0.414. The second-order valence-corrected chi connectivity index (χ2v) is 4.98. The molecule has 0 aromatic heterocycles. The van der Waals surface area contributed by atoms with E-state index >= 15 is 0 Å². The quantitative estimate of drug-likeness (QED) is 0.596. The Balaban J connectivity index is 2.32. The molecule has 0 aromatic rings. The van der Waals surface area contributed by atoms with Crippen molar-refractivity contribution in [1.29, 1.82) is 0 Å². The van der Waals surface area contributed by atoms with Gasteiger partial charge < -0.3 is 4.74 Å². The van der Waals surface area contributed by atoms with Crippen LogP contribution < -0.4 is 0 Å². The summed E-state index contributed by atoms with van der Waals surface area (Å²) in [5, 5.41) is 0. The van der Waals surface area contributed by atoms with Gasteiger partial charge in [-0.1, -0.05) is 20.8 Å². The molecule has 0 saturated carbocycles. The maximum absolute atomic E-state index is 5.48. The molecule has 0 amide bonds. The van der Waals surface area contributed by atoms with Crippen LogP contribution in [-0.2, 0) is 4.74 Å². The summed E-state index contributed by atoms with van der Waals surface area (Å²) in [5.74, 6) is 0. The summed E-state index contributed by atoms with van der Waals surface area (Å²) < 4.78 is 5.48. The van der Waals surface area contributed by atoms with Gasteiger partial charge in [0, 0.05) is 19.6 Å². The topological polar surface area (TPSA) is 12.5 Å². The van der Waals surface area contributed by atoms with Crippen LogP contribution in [0.2, 0.25) is 0 Å². The highest BCUT2D eigenvalue weighted by atomic mass is 16.5. The fourth-order valence-corrected chi connectivity index (χ4v) is 1.71. The van der Waals surface area contributed by atoms with Crippen molar-refractivity contribution < 1.29 is 4.74 Å². The summed E-state index contributed by atoms with van der Waals surface area (Å²) in [6, 6.07) is 0. The maximum atomic E-state index is 5.48. The number of hydrogen-bond donors (Lipinski definition) is 0. The molecule has 1 rings (SSSR count). The molecule has 0 N–H and O–H groups in total. The monoisotopic (exact) mass is 171 g/mol. The highest BCUT2D eigenvalue weighted by Crippen LogP contribution is 2.16. The van der Waals surface area contributed by atoms with Crippen LogP contribution in [0.4, 0.5) is 0 Å². The summed E-state index contributed by atoms with van der Waals surface area (Å²) >= 11 is 0. The maximum Gasteiger partial charge on any atom is 0.0674 e. The van der Waals surface area contributed by atoms with Crippen molar-refractivity contribution in [2.24, 2.45) is 5.41 Å². The molecule has 2 heteroatoms. The Bertz CT molecular complexity index is 139. The third-order valence-corrected chi connectivity index (χ3v) is 2.02. The lowest BCUT2D eigenvalue weighted by molar-refractivity contribution is -0.0276. The molecule has 1 aliphatic rings. The second kappa shape index (κ2) is 3.75. The van der Waals surface area contributed by atoms with Crippen molar-refractivity contribution in [3.63, 3.8) is 0 Å². The van der Waals surface area contributed by atoms with Crippen LogP contribution in [0.15, 0.2) is 0 Å². The third kappa shape index (κ3) is 3.55. The third-order valence-electron chi connectivity index (χ3n) is 2.02. The predicted octanol–water partition coefficient (Wildman–Crippen LogP) is 1.75. The van der Waals surface area contributed by atoms with Crippen LogP contribution >= 0.6 is 0 Å². The molecular weight excluding hydrogens is 150 g/mol. The lowest BCUT2D eigenvalue weighted by Gasteiger charge is -2.35. The van der Waals surface area contributed by atoms with E-state index in [2.05, 4.69) is 32.6 Å². The van der Waals surface area contributed by atoms with Gasteiger partial charge in [-0.2, -0.15) is 0 Å². The number of rotatable bonds is 1.